The summed E-state index contributed by atoms with van der Waals surface area (Å²) < 4.78 is 0. The second kappa shape index (κ2) is 6.86. The number of benzene rings is 1. The molecule has 0 spiro atoms. The minimum atomic E-state index is -1.23. The van der Waals surface area contributed by atoms with Gasteiger partial charge in [-0.2, -0.15) is 0 Å². The molecule has 0 unspecified atom stereocenters. The van der Waals surface area contributed by atoms with E-state index in [0.29, 0.717) is 0 Å². The van der Waals surface area contributed by atoms with Crippen LogP contribution in [0.15, 0.2) is 36.0 Å². The molecule has 0 heterocycles. The average molecular weight is 306 g/mol. The molecule has 0 aliphatic rings. The lowest BCUT2D eigenvalue weighted by Crippen LogP contribution is -2.65. The zero-order chi connectivity index (χ0) is 14.5. The number of hydrogen-bond donors (Lipinski definition) is 0. The van der Waals surface area contributed by atoms with Crippen LogP contribution in [-0.2, 0) is 0 Å². The molecule has 1 radical (unpaired) electrons. The quantitative estimate of drug-likeness (QED) is 0.622. The smallest absolute Gasteiger partial charge is 0.0625 e. The molecule has 1 rings (SSSR count). The van der Waals surface area contributed by atoms with E-state index < -0.39 is 14.7 Å². The van der Waals surface area contributed by atoms with Gasteiger partial charge in [-0.15, -0.1) is 0 Å². The zero-order valence-corrected chi connectivity index (χ0v) is 16.5. The topological polar surface area (TPSA) is 0 Å². The molecule has 0 N–H and O–H groups in total. The summed E-state index contributed by atoms with van der Waals surface area (Å²) in [5, 5.41) is 0. The fourth-order valence-electron chi connectivity index (χ4n) is 3.54. The van der Waals surface area contributed by atoms with Crippen LogP contribution in [0.25, 0.3) is 6.08 Å². The van der Waals surface area contributed by atoms with Crippen molar-refractivity contribution < 1.29 is 0 Å². The van der Waals surface area contributed by atoms with Crippen molar-refractivity contribution in [3.63, 3.8) is 0 Å². The van der Waals surface area contributed by atoms with Crippen molar-refractivity contribution in [1.82, 2.24) is 0 Å². The Kier molecular flexibility index (Phi) is 6.02. The van der Waals surface area contributed by atoms with Gasteiger partial charge in [-0.25, -0.2) is 0 Å². The summed E-state index contributed by atoms with van der Waals surface area (Å²) in [7, 11) is -2.42. The first kappa shape index (κ1) is 16.7. The van der Waals surface area contributed by atoms with E-state index in [2.05, 4.69) is 82.1 Å². The molecule has 0 fully saturated rings. The molecular formula is C16H29Si3. The summed E-state index contributed by atoms with van der Waals surface area (Å²) in [5.74, 6) is 0. The third kappa shape index (κ3) is 3.58. The van der Waals surface area contributed by atoms with Gasteiger partial charge in [-0.1, -0.05) is 94.2 Å². The molecule has 0 bridgehead atoms. The normalized spacial score (nSPS) is 13.4. The van der Waals surface area contributed by atoms with Gasteiger partial charge in [0.05, 0.1) is 7.59 Å². The van der Waals surface area contributed by atoms with Crippen LogP contribution in [0.3, 0.4) is 0 Å². The van der Waals surface area contributed by atoms with Crippen LogP contribution in [-0.4, -0.2) is 23.0 Å². The van der Waals surface area contributed by atoms with Gasteiger partial charge in [0.15, 0.2) is 0 Å². The SMILES string of the molecule is CC[Si](CC)([Si](C)C)[Si](C)(C)/C=C/c1ccccc1. The van der Waals surface area contributed by atoms with E-state index in [9.17, 15) is 0 Å². The largest absolute Gasteiger partial charge is 0.0967 e. The third-order valence-corrected chi connectivity index (χ3v) is 40.9. The fourth-order valence-corrected chi connectivity index (χ4v) is 36.6. The van der Waals surface area contributed by atoms with Crippen LogP contribution in [0.5, 0.6) is 0 Å². The average Bonchev–Trinajstić information content (AvgIpc) is 2.39. The predicted molar refractivity (Wildman–Crippen MR) is 97.2 cm³/mol. The molecule has 0 nitrogen and oxygen atoms in total. The van der Waals surface area contributed by atoms with Crippen molar-refractivity contribution in [1.29, 1.82) is 0 Å². The molecule has 19 heavy (non-hydrogen) atoms. The van der Waals surface area contributed by atoms with E-state index in [1.165, 1.54) is 17.7 Å². The summed E-state index contributed by atoms with van der Waals surface area (Å²) in [4.78, 5) is 0. The van der Waals surface area contributed by atoms with Gasteiger partial charge in [0.25, 0.3) is 0 Å². The van der Waals surface area contributed by atoms with E-state index in [4.69, 9.17) is 0 Å². The van der Waals surface area contributed by atoms with Crippen molar-refractivity contribution in [2.45, 2.75) is 52.1 Å². The lowest BCUT2D eigenvalue weighted by atomic mass is 10.2. The lowest BCUT2D eigenvalue weighted by Gasteiger charge is -2.44. The van der Waals surface area contributed by atoms with Gasteiger partial charge in [-0.05, 0) is 5.56 Å². The predicted octanol–water partition coefficient (Wildman–Crippen LogP) is 5.35. The van der Waals surface area contributed by atoms with E-state index in [1.807, 2.05) is 0 Å². The molecule has 0 amide bonds. The molecule has 0 aliphatic heterocycles. The fraction of sp³-hybridized carbons (Fsp3) is 0.500. The zero-order valence-electron chi connectivity index (χ0n) is 13.5. The maximum absolute atomic E-state index is 2.64. The molecule has 0 atom stereocenters. The third-order valence-electron chi connectivity index (χ3n) is 4.89. The van der Waals surface area contributed by atoms with Crippen molar-refractivity contribution in [3.05, 3.63) is 41.6 Å². The second-order valence-corrected chi connectivity index (χ2v) is 29.7. The summed E-state index contributed by atoms with van der Waals surface area (Å²) in [6, 6.07) is 13.7. The highest BCUT2D eigenvalue weighted by Gasteiger charge is 2.46. The van der Waals surface area contributed by atoms with Crippen molar-refractivity contribution in [2.75, 3.05) is 0 Å². The Balaban J connectivity index is 3.05. The van der Waals surface area contributed by atoms with Crippen LogP contribution in [0, 0.1) is 0 Å². The summed E-state index contributed by atoms with van der Waals surface area (Å²) >= 11 is 0. The van der Waals surface area contributed by atoms with E-state index in [0.717, 1.165) is 0 Å². The molecule has 1 aromatic rings. The van der Waals surface area contributed by atoms with E-state index in [1.54, 1.807) is 0 Å². The maximum Gasteiger partial charge on any atom is 0.0625 e. The Hall–Kier alpha value is -0.389. The summed E-state index contributed by atoms with van der Waals surface area (Å²) in [6.07, 6.45) is 2.39. The number of rotatable bonds is 6. The molecular weight excluding hydrogens is 276 g/mol. The first-order valence-electron chi connectivity index (χ1n) is 7.44. The maximum atomic E-state index is 2.64. The van der Waals surface area contributed by atoms with E-state index in [-0.39, 0.29) is 8.31 Å². The van der Waals surface area contributed by atoms with Gasteiger partial charge in [-0.3, -0.25) is 0 Å². The van der Waals surface area contributed by atoms with Crippen molar-refractivity contribution in [3.8, 4) is 0 Å². The van der Waals surface area contributed by atoms with Gasteiger partial charge in [0, 0.05) is 15.4 Å². The second-order valence-electron chi connectivity index (χ2n) is 6.25. The summed E-state index contributed by atoms with van der Waals surface area (Å²) in [5.41, 5.74) is 4.00. The standard InChI is InChI=1S/C16H29Si3/c1-7-19(8-2,17(3)4)18(5,6)15-14-16-12-10-9-11-13-16/h9-15H,7-8H2,1-6H3/b15-14+. The van der Waals surface area contributed by atoms with Gasteiger partial charge < -0.3 is 0 Å². The Morgan fingerprint density at radius 2 is 1.53 bits per heavy atom. The van der Waals surface area contributed by atoms with Crippen LogP contribution in [0.4, 0.5) is 0 Å². The first-order valence-corrected chi connectivity index (χ1v) is 17.4. The minimum Gasteiger partial charge on any atom is -0.0967 e. The van der Waals surface area contributed by atoms with Crippen molar-refractivity contribution >= 4 is 29.1 Å². The Morgan fingerprint density at radius 3 is 1.95 bits per heavy atom. The van der Waals surface area contributed by atoms with E-state index >= 15 is 0 Å². The Morgan fingerprint density at radius 1 is 1.00 bits per heavy atom. The Labute approximate surface area is 123 Å². The first-order chi connectivity index (χ1) is 8.89. The minimum absolute atomic E-state index is 0.145. The molecule has 0 saturated heterocycles. The van der Waals surface area contributed by atoms with Gasteiger partial charge >= 0.3 is 0 Å². The van der Waals surface area contributed by atoms with Crippen LogP contribution in [0.1, 0.15) is 19.4 Å². The summed E-state index contributed by atoms with van der Waals surface area (Å²) in [6.45, 7) is 15.3. The van der Waals surface area contributed by atoms with Crippen LogP contribution < -0.4 is 0 Å². The highest BCUT2D eigenvalue weighted by atomic mass is 29.6. The number of hydrogen-bond acceptors (Lipinski definition) is 0. The molecule has 105 valence electrons. The molecule has 0 aliphatic carbocycles. The van der Waals surface area contributed by atoms with Gasteiger partial charge in [0.2, 0.25) is 0 Å². The highest BCUT2D eigenvalue weighted by molar-refractivity contribution is 7.65. The molecule has 3 heteroatoms. The molecule has 0 saturated carbocycles. The highest BCUT2D eigenvalue weighted by Crippen LogP contribution is 2.31. The van der Waals surface area contributed by atoms with Crippen molar-refractivity contribution in [2.24, 2.45) is 0 Å². The molecule has 1 aromatic carbocycles. The van der Waals surface area contributed by atoms with Crippen LogP contribution >= 0.6 is 0 Å². The monoisotopic (exact) mass is 305 g/mol. The lowest BCUT2D eigenvalue weighted by molar-refractivity contribution is 1.31. The van der Waals surface area contributed by atoms with Gasteiger partial charge in [0.1, 0.15) is 0 Å². The Bertz CT molecular complexity index is 403. The van der Waals surface area contributed by atoms with Crippen LogP contribution in [0.2, 0.25) is 38.3 Å². The molecule has 0 aromatic heterocycles.